The normalized spacial score (nSPS) is 9.12. The molecule has 0 saturated heterocycles. The molecule has 8 heavy (non-hydrogen) atoms. The van der Waals surface area contributed by atoms with E-state index in [0.29, 0.717) is 0 Å². The van der Waals surface area contributed by atoms with Crippen molar-refractivity contribution in [2.75, 3.05) is 0 Å². The quantitative estimate of drug-likeness (QED) is 0.502. The van der Waals surface area contributed by atoms with E-state index in [4.69, 9.17) is 12.2 Å². The summed E-state index contributed by atoms with van der Waals surface area (Å²) in [4.78, 5) is 1.28. The number of hydrogen-bond acceptors (Lipinski definition) is 2. The van der Waals surface area contributed by atoms with Crippen LogP contribution in [0.1, 0.15) is 4.88 Å². The molecular formula is C6H6S2. The van der Waals surface area contributed by atoms with Crippen molar-refractivity contribution in [1.29, 1.82) is 0 Å². The highest BCUT2D eigenvalue weighted by molar-refractivity contribution is 7.71. The van der Waals surface area contributed by atoms with Gasteiger partial charge in [-0.15, -0.1) is 11.3 Å². The standard InChI is InChI=1S/C6H6S2/c1-5-4-6(7)2-3-8-5/h2-4H,1H3. The van der Waals surface area contributed by atoms with Gasteiger partial charge in [-0.05, 0) is 24.4 Å². The molecule has 0 nitrogen and oxygen atoms in total. The molecule has 0 aromatic carbocycles. The summed E-state index contributed by atoms with van der Waals surface area (Å²) < 4.78 is 0.932. The molecule has 1 aromatic heterocycles. The molecule has 0 N–H and O–H groups in total. The van der Waals surface area contributed by atoms with Gasteiger partial charge in [-0.1, -0.05) is 12.2 Å². The molecule has 0 amide bonds. The second-order valence-corrected chi connectivity index (χ2v) is 3.20. The minimum Gasteiger partial charge on any atom is -0.149 e. The van der Waals surface area contributed by atoms with E-state index in [1.54, 1.807) is 11.3 Å². The Hall–Kier alpha value is -0.210. The van der Waals surface area contributed by atoms with Gasteiger partial charge < -0.3 is 0 Å². The van der Waals surface area contributed by atoms with E-state index >= 15 is 0 Å². The summed E-state index contributed by atoms with van der Waals surface area (Å²) in [7, 11) is 0. The van der Waals surface area contributed by atoms with Gasteiger partial charge >= 0.3 is 0 Å². The Morgan fingerprint density at radius 1 is 1.62 bits per heavy atom. The van der Waals surface area contributed by atoms with Crippen LogP contribution in [-0.2, 0) is 0 Å². The zero-order chi connectivity index (χ0) is 5.98. The molecular weight excluding hydrogens is 136 g/mol. The molecule has 0 aliphatic rings. The third-order valence-electron chi connectivity index (χ3n) is 0.832. The van der Waals surface area contributed by atoms with Crippen molar-refractivity contribution in [1.82, 2.24) is 0 Å². The summed E-state index contributed by atoms with van der Waals surface area (Å²) in [6.45, 7) is 2.06. The average Bonchev–Trinajstić information content (AvgIpc) is 1.64. The van der Waals surface area contributed by atoms with Crippen LogP contribution in [-0.4, -0.2) is 0 Å². The van der Waals surface area contributed by atoms with Gasteiger partial charge in [0.2, 0.25) is 0 Å². The van der Waals surface area contributed by atoms with E-state index in [9.17, 15) is 0 Å². The van der Waals surface area contributed by atoms with Crippen molar-refractivity contribution in [3.63, 3.8) is 0 Å². The van der Waals surface area contributed by atoms with Crippen LogP contribution in [0.5, 0.6) is 0 Å². The van der Waals surface area contributed by atoms with Gasteiger partial charge in [0.25, 0.3) is 0 Å². The van der Waals surface area contributed by atoms with Crippen LogP contribution in [0, 0.1) is 11.4 Å². The summed E-state index contributed by atoms with van der Waals surface area (Å²) in [5, 5.41) is 2.01. The minimum atomic E-state index is 0.932. The summed E-state index contributed by atoms with van der Waals surface area (Å²) in [5.41, 5.74) is 0. The Bertz CT molecular complexity index is 224. The minimum absolute atomic E-state index is 0.932. The maximum Gasteiger partial charge on any atom is 0.0395 e. The Kier molecular flexibility index (Phi) is 1.76. The molecule has 0 unspecified atom stereocenters. The molecule has 0 fully saturated rings. The lowest BCUT2D eigenvalue weighted by atomic mass is 10.5. The first-order chi connectivity index (χ1) is 3.79. The molecule has 42 valence electrons. The molecule has 0 bridgehead atoms. The van der Waals surface area contributed by atoms with Gasteiger partial charge in [0, 0.05) is 9.39 Å². The van der Waals surface area contributed by atoms with Gasteiger partial charge in [-0.2, -0.15) is 0 Å². The Morgan fingerprint density at radius 3 is 2.75 bits per heavy atom. The van der Waals surface area contributed by atoms with E-state index in [0.717, 1.165) is 4.51 Å². The van der Waals surface area contributed by atoms with Crippen molar-refractivity contribution in [3.8, 4) is 0 Å². The fourth-order valence-electron chi connectivity index (χ4n) is 0.491. The molecule has 1 rings (SSSR count). The Morgan fingerprint density at radius 2 is 2.38 bits per heavy atom. The Labute approximate surface area is 57.8 Å². The van der Waals surface area contributed by atoms with Crippen LogP contribution in [0.15, 0.2) is 17.5 Å². The van der Waals surface area contributed by atoms with Crippen molar-refractivity contribution < 1.29 is 0 Å². The number of rotatable bonds is 0. The van der Waals surface area contributed by atoms with Crippen LogP contribution >= 0.6 is 23.6 Å². The fraction of sp³-hybridized carbons (Fsp3) is 0.167. The predicted molar refractivity (Wildman–Crippen MR) is 39.9 cm³/mol. The topological polar surface area (TPSA) is 0 Å². The monoisotopic (exact) mass is 142 g/mol. The largest absolute Gasteiger partial charge is 0.149 e. The summed E-state index contributed by atoms with van der Waals surface area (Å²) in [6.07, 6.45) is 0. The van der Waals surface area contributed by atoms with Gasteiger partial charge in [0.1, 0.15) is 0 Å². The van der Waals surface area contributed by atoms with E-state index < -0.39 is 0 Å². The summed E-state index contributed by atoms with van der Waals surface area (Å²) in [6, 6.07) is 3.94. The Balaban J connectivity index is 3.28. The van der Waals surface area contributed by atoms with Crippen LogP contribution < -0.4 is 0 Å². The smallest absolute Gasteiger partial charge is 0.0395 e. The van der Waals surface area contributed by atoms with E-state index in [-0.39, 0.29) is 0 Å². The van der Waals surface area contributed by atoms with Gasteiger partial charge in [0.15, 0.2) is 0 Å². The van der Waals surface area contributed by atoms with E-state index in [1.807, 2.05) is 17.5 Å². The number of aryl methyl sites for hydroxylation is 1. The van der Waals surface area contributed by atoms with Crippen molar-refractivity contribution in [2.45, 2.75) is 6.92 Å². The maximum absolute atomic E-state index is 4.91. The van der Waals surface area contributed by atoms with Gasteiger partial charge in [0.05, 0.1) is 0 Å². The second-order valence-electron chi connectivity index (χ2n) is 1.58. The van der Waals surface area contributed by atoms with Crippen LogP contribution in [0.25, 0.3) is 0 Å². The molecule has 1 aromatic rings. The van der Waals surface area contributed by atoms with Crippen LogP contribution in [0.2, 0.25) is 0 Å². The van der Waals surface area contributed by atoms with Crippen molar-refractivity contribution >= 4 is 23.6 Å². The number of hydrogen-bond donors (Lipinski definition) is 0. The molecule has 0 saturated carbocycles. The summed E-state index contributed by atoms with van der Waals surface area (Å²) in [5.74, 6) is 0. The lowest BCUT2D eigenvalue weighted by molar-refractivity contribution is 1.59. The molecule has 0 aliphatic carbocycles. The van der Waals surface area contributed by atoms with E-state index in [1.165, 1.54) is 4.88 Å². The van der Waals surface area contributed by atoms with E-state index in [2.05, 4.69) is 6.92 Å². The predicted octanol–water partition coefficient (Wildman–Crippen LogP) is 2.79. The SMILES string of the molecule is Cc1cc(=S)ccs1. The molecule has 0 spiro atoms. The van der Waals surface area contributed by atoms with Gasteiger partial charge in [-0.25, -0.2) is 0 Å². The van der Waals surface area contributed by atoms with Crippen molar-refractivity contribution in [3.05, 3.63) is 26.9 Å². The molecule has 0 radical (unpaired) electrons. The van der Waals surface area contributed by atoms with Crippen LogP contribution in [0.3, 0.4) is 0 Å². The highest BCUT2D eigenvalue weighted by Gasteiger charge is 1.78. The molecule has 0 aliphatic heterocycles. The fourth-order valence-corrected chi connectivity index (χ4v) is 1.52. The average molecular weight is 142 g/mol. The first-order valence-electron chi connectivity index (χ1n) is 2.34. The first kappa shape index (κ1) is 5.92. The molecule has 1 heterocycles. The maximum atomic E-state index is 4.91. The van der Waals surface area contributed by atoms with Crippen molar-refractivity contribution in [2.24, 2.45) is 0 Å². The van der Waals surface area contributed by atoms with Crippen LogP contribution in [0.4, 0.5) is 0 Å². The zero-order valence-electron chi connectivity index (χ0n) is 4.55. The molecule has 2 heteroatoms. The first-order valence-corrected chi connectivity index (χ1v) is 3.63. The summed E-state index contributed by atoms with van der Waals surface area (Å²) >= 11 is 6.62. The lowest BCUT2D eigenvalue weighted by Gasteiger charge is -1.83. The van der Waals surface area contributed by atoms with Gasteiger partial charge in [-0.3, -0.25) is 0 Å². The third kappa shape index (κ3) is 1.39. The highest BCUT2D eigenvalue weighted by atomic mass is 32.1. The zero-order valence-corrected chi connectivity index (χ0v) is 6.18. The lowest BCUT2D eigenvalue weighted by Crippen LogP contribution is -1.61. The third-order valence-corrected chi connectivity index (χ3v) is 1.85. The highest BCUT2D eigenvalue weighted by Crippen LogP contribution is 2.04. The molecule has 0 atom stereocenters. The second kappa shape index (κ2) is 2.37.